The molecule has 0 aliphatic heterocycles. The first-order valence-electron chi connectivity index (χ1n) is 4.31. The van der Waals surface area contributed by atoms with Crippen LogP contribution in [0.2, 0.25) is 0 Å². The number of allylic oxidation sites excluding steroid dienone is 4. The van der Waals surface area contributed by atoms with Crippen LogP contribution in [0.5, 0.6) is 0 Å². The average molecular weight is 151 g/mol. The maximum absolute atomic E-state index is 2.19. The molecule has 0 heteroatoms. The zero-order chi connectivity index (χ0) is 8.69. The Kier molecular flexibility index (Phi) is 5.91. The molecule has 0 aliphatic carbocycles. The second-order valence-electron chi connectivity index (χ2n) is 3.45. The molecule has 0 amide bonds. The van der Waals surface area contributed by atoms with E-state index < -0.39 is 0 Å². The van der Waals surface area contributed by atoms with E-state index in [1.807, 2.05) is 0 Å². The van der Waals surface area contributed by atoms with Crippen molar-refractivity contribution in [3.8, 4) is 0 Å². The monoisotopic (exact) mass is 151 g/mol. The van der Waals surface area contributed by atoms with Gasteiger partial charge in [-0.1, -0.05) is 52.0 Å². The maximum atomic E-state index is 2.19. The summed E-state index contributed by atoms with van der Waals surface area (Å²) in [4.78, 5) is 0. The highest BCUT2D eigenvalue weighted by atomic mass is 13.9. The Labute approximate surface area is 71.0 Å². The number of hydrogen-bond acceptors (Lipinski definition) is 0. The quantitative estimate of drug-likeness (QED) is 0.575. The smallest absolute Gasteiger partial charge is 0.00443 e. The topological polar surface area (TPSA) is 0 Å². The summed E-state index contributed by atoms with van der Waals surface area (Å²) in [6.07, 6.45) is 10.7. The molecule has 0 heterocycles. The first-order valence-corrected chi connectivity index (χ1v) is 4.31. The second-order valence-corrected chi connectivity index (χ2v) is 3.45. The minimum atomic E-state index is 0.652. The summed E-state index contributed by atoms with van der Waals surface area (Å²) in [5.41, 5.74) is 0. The molecule has 0 N–H and O–H groups in total. The molecule has 0 saturated heterocycles. The molecule has 0 aromatic rings. The molecule has 0 spiro atoms. The van der Waals surface area contributed by atoms with Gasteiger partial charge in [-0.05, 0) is 11.8 Å². The summed E-state index contributed by atoms with van der Waals surface area (Å²) in [5.74, 6) is 1.30. The normalized spacial score (nSPS) is 12.9. The molecule has 0 unspecified atom stereocenters. The van der Waals surface area contributed by atoms with Gasteiger partial charge in [0.25, 0.3) is 0 Å². The zero-order valence-electron chi connectivity index (χ0n) is 8.04. The molecule has 0 fully saturated rings. The van der Waals surface area contributed by atoms with E-state index in [1.165, 1.54) is 0 Å². The molecule has 0 rings (SSSR count). The Hall–Kier alpha value is -0.520. The lowest BCUT2D eigenvalue weighted by Crippen LogP contribution is -1.78. The third-order valence-corrected chi connectivity index (χ3v) is 1.21. The molecule has 0 atom stereocenters. The Morgan fingerprint density at radius 1 is 0.727 bits per heavy atom. The molecule has 0 saturated carbocycles. The Morgan fingerprint density at radius 2 is 1.09 bits per heavy atom. The van der Waals surface area contributed by atoms with E-state index in [1.54, 1.807) is 0 Å². The van der Waals surface area contributed by atoms with Gasteiger partial charge >= 0.3 is 0 Å². The zero-order valence-corrected chi connectivity index (χ0v) is 8.04. The van der Waals surface area contributed by atoms with Crippen LogP contribution in [0.25, 0.3) is 0 Å². The largest absolute Gasteiger partial charge is 0.0853 e. The highest BCUT2D eigenvalue weighted by Gasteiger charge is 1.83. The van der Waals surface area contributed by atoms with E-state index in [4.69, 9.17) is 0 Å². The van der Waals surface area contributed by atoms with E-state index in [9.17, 15) is 0 Å². The van der Waals surface area contributed by atoms with Gasteiger partial charge in [0.1, 0.15) is 0 Å². The van der Waals surface area contributed by atoms with Crippen molar-refractivity contribution in [3.63, 3.8) is 0 Å². The van der Waals surface area contributed by atoms with Crippen LogP contribution in [0.4, 0.5) is 0 Å². The molecular formula is C11H19. The maximum Gasteiger partial charge on any atom is 0.00443 e. The van der Waals surface area contributed by atoms with Gasteiger partial charge in [-0.3, -0.25) is 0 Å². The summed E-state index contributed by atoms with van der Waals surface area (Å²) in [5, 5.41) is 0. The van der Waals surface area contributed by atoms with Gasteiger partial charge in [0.15, 0.2) is 0 Å². The predicted octanol–water partition coefficient (Wildman–Crippen LogP) is 3.62. The first-order chi connectivity index (χ1) is 5.13. The van der Waals surface area contributed by atoms with Gasteiger partial charge in [-0.25, -0.2) is 0 Å². The SMILES string of the molecule is CC(C)C=C[CH]C=CC(C)C. The van der Waals surface area contributed by atoms with Gasteiger partial charge in [0.2, 0.25) is 0 Å². The van der Waals surface area contributed by atoms with E-state index in [0.717, 1.165) is 0 Å². The van der Waals surface area contributed by atoms with Crippen molar-refractivity contribution in [2.75, 3.05) is 0 Å². The van der Waals surface area contributed by atoms with Crippen molar-refractivity contribution in [1.29, 1.82) is 0 Å². The van der Waals surface area contributed by atoms with Gasteiger partial charge in [-0.2, -0.15) is 0 Å². The fourth-order valence-electron chi connectivity index (χ4n) is 0.637. The van der Waals surface area contributed by atoms with Crippen LogP contribution in [0.15, 0.2) is 24.3 Å². The molecular weight excluding hydrogens is 132 g/mol. The van der Waals surface area contributed by atoms with E-state index >= 15 is 0 Å². The van der Waals surface area contributed by atoms with Crippen molar-refractivity contribution >= 4 is 0 Å². The fraction of sp³-hybridized carbons (Fsp3) is 0.545. The van der Waals surface area contributed by atoms with E-state index in [-0.39, 0.29) is 0 Å². The van der Waals surface area contributed by atoms with Gasteiger partial charge in [0, 0.05) is 6.42 Å². The Morgan fingerprint density at radius 3 is 1.36 bits per heavy atom. The van der Waals surface area contributed by atoms with Crippen molar-refractivity contribution < 1.29 is 0 Å². The second kappa shape index (κ2) is 6.21. The van der Waals surface area contributed by atoms with Gasteiger partial charge < -0.3 is 0 Å². The molecule has 0 aliphatic rings. The lowest BCUT2D eigenvalue weighted by Gasteiger charge is -1.92. The minimum Gasteiger partial charge on any atom is -0.0853 e. The van der Waals surface area contributed by atoms with Gasteiger partial charge in [0.05, 0.1) is 0 Å². The molecule has 0 nitrogen and oxygen atoms in total. The Balaban J connectivity index is 3.41. The van der Waals surface area contributed by atoms with Crippen molar-refractivity contribution in [1.82, 2.24) is 0 Å². The predicted molar refractivity (Wildman–Crippen MR) is 52.3 cm³/mol. The van der Waals surface area contributed by atoms with Crippen LogP contribution in [-0.2, 0) is 0 Å². The number of hydrogen-bond donors (Lipinski definition) is 0. The summed E-state index contributed by atoms with van der Waals surface area (Å²) < 4.78 is 0. The van der Waals surface area contributed by atoms with Crippen LogP contribution in [0.1, 0.15) is 27.7 Å². The summed E-state index contributed by atoms with van der Waals surface area (Å²) in [7, 11) is 0. The lowest BCUT2D eigenvalue weighted by molar-refractivity contribution is 0.827. The standard InChI is InChI=1S/C11H19/c1-10(2)8-6-5-7-9-11(3)4/h5-11H,1-4H3. The van der Waals surface area contributed by atoms with E-state index in [2.05, 4.69) is 58.4 Å². The van der Waals surface area contributed by atoms with Gasteiger partial charge in [-0.15, -0.1) is 0 Å². The van der Waals surface area contributed by atoms with Crippen molar-refractivity contribution in [2.45, 2.75) is 27.7 Å². The van der Waals surface area contributed by atoms with Crippen LogP contribution in [0, 0.1) is 18.3 Å². The van der Waals surface area contributed by atoms with Crippen molar-refractivity contribution in [2.24, 2.45) is 11.8 Å². The van der Waals surface area contributed by atoms with E-state index in [0.29, 0.717) is 11.8 Å². The van der Waals surface area contributed by atoms with Crippen LogP contribution >= 0.6 is 0 Å². The van der Waals surface area contributed by atoms with Crippen molar-refractivity contribution in [3.05, 3.63) is 30.7 Å². The first kappa shape index (κ1) is 10.5. The summed E-state index contributed by atoms with van der Waals surface area (Å²) >= 11 is 0. The fourth-order valence-corrected chi connectivity index (χ4v) is 0.637. The minimum absolute atomic E-state index is 0.652. The van der Waals surface area contributed by atoms with Crippen LogP contribution < -0.4 is 0 Å². The molecule has 0 bridgehead atoms. The van der Waals surface area contributed by atoms with Crippen LogP contribution in [0.3, 0.4) is 0 Å². The van der Waals surface area contributed by atoms with Crippen LogP contribution in [-0.4, -0.2) is 0 Å². The molecule has 0 aromatic carbocycles. The summed E-state index contributed by atoms with van der Waals surface area (Å²) in [6, 6.07) is 0. The molecule has 63 valence electrons. The Bertz CT molecular complexity index is 111. The number of rotatable bonds is 4. The lowest BCUT2D eigenvalue weighted by atomic mass is 10.1. The highest BCUT2D eigenvalue weighted by molar-refractivity contribution is 5.09. The third kappa shape index (κ3) is 9.48. The molecule has 11 heavy (non-hydrogen) atoms. The average Bonchev–Trinajstić information content (AvgIpc) is 1.85. The molecule has 0 aromatic heterocycles. The molecule has 1 radical (unpaired) electrons. The highest BCUT2D eigenvalue weighted by Crippen LogP contribution is 1.98. The third-order valence-electron chi connectivity index (χ3n) is 1.21. The summed E-state index contributed by atoms with van der Waals surface area (Å²) in [6.45, 7) is 8.71.